The number of fused-ring (bicyclic) bond motifs is 1. The minimum atomic E-state index is 0.0932. The smallest absolute Gasteiger partial charge is 0.223 e. The average Bonchev–Trinajstić information content (AvgIpc) is 3.35. The Morgan fingerprint density at radius 1 is 1.13 bits per heavy atom. The number of carbonyl (C=O) groups excluding carboxylic acids is 1. The first-order valence-corrected chi connectivity index (χ1v) is 8.52. The third kappa shape index (κ3) is 3.15. The average molecular weight is 317 g/mol. The summed E-state index contributed by atoms with van der Waals surface area (Å²) >= 11 is 0. The number of benzene rings is 1. The third-order valence-electron chi connectivity index (χ3n) is 4.95. The molecule has 2 fully saturated rings. The van der Waals surface area contributed by atoms with Gasteiger partial charge in [-0.15, -0.1) is 0 Å². The highest BCUT2D eigenvalue weighted by atomic mass is 16.6. The molecule has 0 unspecified atom stereocenters. The van der Waals surface area contributed by atoms with E-state index in [4.69, 9.17) is 14.2 Å². The lowest BCUT2D eigenvalue weighted by atomic mass is 10.0. The molecule has 0 spiro atoms. The highest BCUT2D eigenvalue weighted by molar-refractivity contribution is 5.83. The number of nitrogens with one attached hydrogen (secondary N) is 1. The van der Waals surface area contributed by atoms with Gasteiger partial charge in [-0.2, -0.15) is 0 Å². The maximum atomic E-state index is 12.4. The Morgan fingerprint density at radius 2 is 1.96 bits per heavy atom. The van der Waals surface area contributed by atoms with Gasteiger partial charge in [-0.25, -0.2) is 0 Å². The second kappa shape index (κ2) is 6.04. The van der Waals surface area contributed by atoms with E-state index in [1.54, 1.807) is 0 Å². The van der Waals surface area contributed by atoms with Crippen LogP contribution in [-0.2, 0) is 9.53 Å². The minimum Gasteiger partial charge on any atom is -0.486 e. The van der Waals surface area contributed by atoms with Crippen LogP contribution in [0, 0.1) is 5.92 Å². The van der Waals surface area contributed by atoms with E-state index in [1.165, 1.54) is 5.56 Å². The van der Waals surface area contributed by atoms with Crippen molar-refractivity contribution in [3.63, 3.8) is 0 Å². The maximum Gasteiger partial charge on any atom is 0.223 e. The van der Waals surface area contributed by atoms with Gasteiger partial charge >= 0.3 is 0 Å². The molecule has 0 bridgehead atoms. The second-order valence-corrected chi connectivity index (χ2v) is 6.76. The molecule has 4 rings (SSSR count). The van der Waals surface area contributed by atoms with E-state index >= 15 is 0 Å². The van der Waals surface area contributed by atoms with Crippen LogP contribution in [0.4, 0.5) is 0 Å². The number of rotatable bonds is 3. The Labute approximate surface area is 136 Å². The molecule has 1 aromatic carbocycles. The molecule has 2 heterocycles. The molecule has 1 saturated carbocycles. The summed E-state index contributed by atoms with van der Waals surface area (Å²) in [5.41, 5.74) is 1.18. The molecule has 1 amide bonds. The Kier molecular flexibility index (Phi) is 3.89. The van der Waals surface area contributed by atoms with E-state index < -0.39 is 0 Å². The Morgan fingerprint density at radius 3 is 2.78 bits per heavy atom. The molecule has 1 N–H and O–H groups in total. The highest BCUT2D eigenvalue weighted by Crippen LogP contribution is 2.49. The van der Waals surface area contributed by atoms with E-state index in [0.29, 0.717) is 19.1 Å². The van der Waals surface area contributed by atoms with Gasteiger partial charge < -0.3 is 19.5 Å². The van der Waals surface area contributed by atoms with Gasteiger partial charge in [0.1, 0.15) is 13.2 Å². The van der Waals surface area contributed by atoms with E-state index in [0.717, 1.165) is 37.4 Å². The zero-order valence-corrected chi connectivity index (χ0v) is 13.4. The van der Waals surface area contributed by atoms with Crippen LogP contribution >= 0.6 is 0 Å². The summed E-state index contributed by atoms with van der Waals surface area (Å²) in [6, 6.07) is 6.30. The summed E-state index contributed by atoms with van der Waals surface area (Å²) in [7, 11) is 0. The Balaban J connectivity index is 1.37. The van der Waals surface area contributed by atoms with Gasteiger partial charge in [0.05, 0.1) is 6.10 Å². The molecule has 1 aliphatic carbocycles. The Hall–Kier alpha value is -1.75. The maximum absolute atomic E-state index is 12.4. The zero-order chi connectivity index (χ0) is 15.8. The standard InChI is InChI=1S/C18H23NO4/c1-11-8-13(4-5-21-11)19-18(20)15-10-14(15)12-2-3-16-17(9-12)23-7-6-22-16/h2-3,9,11,13-15H,4-8,10H2,1H3,(H,19,20)/t11-,13-,14+,15+/m1/s1. The summed E-state index contributed by atoms with van der Waals surface area (Å²) in [4.78, 5) is 12.4. The summed E-state index contributed by atoms with van der Waals surface area (Å²) in [6.45, 7) is 3.99. The van der Waals surface area contributed by atoms with E-state index in [1.807, 2.05) is 12.1 Å². The third-order valence-corrected chi connectivity index (χ3v) is 4.95. The van der Waals surface area contributed by atoms with Crippen LogP contribution in [0.15, 0.2) is 18.2 Å². The monoisotopic (exact) mass is 317 g/mol. The number of hydrogen-bond donors (Lipinski definition) is 1. The first-order chi connectivity index (χ1) is 11.2. The lowest BCUT2D eigenvalue weighted by Gasteiger charge is -2.28. The van der Waals surface area contributed by atoms with Crippen molar-refractivity contribution < 1.29 is 19.0 Å². The molecule has 124 valence electrons. The fraction of sp³-hybridized carbons (Fsp3) is 0.611. The van der Waals surface area contributed by atoms with Crippen LogP contribution in [-0.4, -0.2) is 37.9 Å². The van der Waals surface area contributed by atoms with Gasteiger partial charge in [0.2, 0.25) is 5.91 Å². The fourth-order valence-corrected chi connectivity index (χ4v) is 3.58. The van der Waals surface area contributed by atoms with E-state index in [2.05, 4.69) is 18.3 Å². The first kappa shape index (κ1) is 14.8. The van der Waals surface area contributed by atoms with Crippen LogP contribution < -0.4 is 14.8 Å². The first-order valence-electron chi connectivity index (χ1n) is 8.52. The van der Waals surface area contributed by atoms with Crippen LogP contribution in [0.3, 0.4) is 0 Å². The molecule has 23 heavy (non-hydrogen) atoms. The molecule has 1 aromatic rings. The van der Waals surface area contributed by atoms with Gasteiger partial charge in [-0.3, -0.25) is 4.79 Å². The van der Waals surface area contributed by atoms with E-state index in [9.17, 15) is 4.79 Å². The van der Waals surface area contributed by atoms with Crippen LogP contribution in [0.2, 0.25) is 0 Å². The molecule has 1 saturated heterocycles. The van der Waals surface area contributed by atoms with Crippen molar-refractivity contribution in [3.8, 4) is 11.5 Å². The van der Waals surface area contributed by atoms with Gasteiger partial charge in [0, 0.05) is 18.6 Å². The summed E-state index contributed by atoms with van der Waals surface area (Å²) in [5.74, 6) is 2.19. The predicted octanol–water partition coefficient (Wildman–Crippen LogP) is 2.25. The number of ether oxygens (including phenoxy) is 3. The van der Waals surface area contributed by atoms with Crippen LogP contribution in [0.1, 0.15) is 37.7 Å². The lowest BCUT2D eigenvalue weighted by Crippen LogP contribution is -2.42. The molecule has 2 aliphatic heterocycles. The number of carbonyl (C=O) groups is 1. The van der Waals surface area contributed by atoms with Gasteiger partial charge in [-0.1, -0.05) is 6.07 Å². The van der Waals surface area contributed by atoms with Crippen molar-refractivity contribution in [2.24, 2.45) is 5.92 Å². The van der Waals surface area contributed by atoms with Crippen LogP contribution in [0.5, 0.6) is 11.5 Å². The topological polar surface area (TPSA) is 56.8 Å². The second-order valence-electron chi connectivity index (χ2n) is 6.76. The molecule has 0 aromatic heterocycles. The summed E-state index contributed by atoms with van der Waals surface area (Å²) in [5, 5.41) is 3.20. The molecule has 3 aliphatic rings. The molecule has 5 heteroatoms. The SMILES string of the molecule is C[C@@H]1C[C@H](NC(=O)[C@H]2C[C@H]2c2ccc3c(c2)OCCO3)CCO1. The Bertz CT molecular complexity index is 603. The predicted molar refractivity (Wildman–Crippen MR) is 84.9 cm³/mol. The van der Waals surface area contributed by atoms with Crippen LogP contribution in [0.25, 0.3) is 0 Å². The highest BCUT2D eigenvalue weighted by Gasteiger charge is 2.44. The fourth-order valence-electron chi connectivity index (χ4n) is 3.58. The number of amides is 1. The lowest BCUT2D eigenvalue weighted by molar-refractivity contribution is -0.124. The molecular weight excluding hydrogens is 294 g/mol. The van der Waals surface area contributed by atoms with Crippen molar-refractivity contribution in [2.75, 3.05) is 19.8 Å². The van der Waals surface area contributed by atoms with Crippen molar-refractivity contribution in [2.45, 2.75) is 44.2 Å². The van der Waals surface area contributed by atoms with E-state index in [-0.39, 0.29) is 24.0 Å². The number of hydrogen-bond acceptors (Lipinski definition) is 4. The summed E-state index contributed by atoms with van der Waals surface area (Å²) in [6.07, 6.45) is 2.98. The quantitative estimate of drug-likeness (QED) is 0.929. The normalized spacial score (nSPS) is 32.2. The van der Waals surface area contributed by atoms with Crippen molar-refractivity contribution in [1.82, 2.24) is 5.32 Å². The molecule has 4 atom stereocenters. The van der Waals surface area contributed by atoms with Gasteiger partial charge in [0.25, 0.3) is 0 Å². The molecular formula is C18H23NO4. The largest absolute Gasteiger partial charge is 0.486 e. The molecule has 0 radical (unpaired) electrons. The van der Waals surface area contributed by atoms with Crippen molar-refractivity contribution >= 4 is 5.91 Å². The van der Waals surface area contributed by atoms with Gasteiger partial charge in [0.15, 0.2) is 11.5 Å². The van der Waals surface area contributed by atoms with Gasteiger partial charge in [-0.05, 0) is 49.8 Å². The summed E-state index contributed by atoms with van der Waals surface area (Å²) < 4.78 is 16.7. The molecule has 5 nitrogen and oxygen atoms in total. The van der Waals surface area contributed by atoms with Crippen molar-refractivity contribution in [3.05, 3.63) is 23.8 Å². The van der Waals surface area contributed by atoms with Crippen molar-refractivity contribution in [1.29, 1.82) is 0 Å². The minimum absolute atomic E-state index is 0.0932. The zero-order valence-electron chi connectivity index (χ0n) is 13.4.